The van der Waals surface area contributed by atoms with Gasteiger partial charge in [0.2, 0.25) is 5.88 Å². The van der Waals surface area contributed by atoms with Crippen molar-refractivity contribution in [1.29, 1.82) is 0 Å². The second-order valence-corrected chi connectivity index (χ2v) is 7.36. The Labute approximate surface area is 134 Å². The zero-order valence-corrected chi connectivity index (χ0v) is 13.7. The first-order chi connectivity index (χ1) is 9.91. The van der Waals surface area contributed by atoms with E-state index in [1.807, 2.05) is 12.1 Å². The summed E-state index contributed by atoms with van der Waals surface area (Å²) in [5, 5.41) is 10.7. The molecule has 0 saturated carbocycles. The summed E-state index contributed by atoms with van der Waals surface area (Å²) < 4.78 is 27.1. The van der Waals surface area contributed by atoms with Crippen molar-refractivity contribution < 1.29 is 13.5 Å². The lowest BCUT2D eigenvalue weighted by Gasteiger charge is -2.09. The fourth-order valence-electron chi connectivity index (χ4n) is 2.12. The van der Waals surface area contributed by atoms with Crippen molar-refractivity contribution in [1.82, 2.24) is 8.96 Å². The van der Waals surface area contributed by atoms with Gasteiger partial charge in [0.1, 0.15) is 0 Å². The van der Waals surface area contributed by atoms with Crippen molar-refractivity contribution in [3.05, 3.63) is 51.8 Å². The zero-order chi connectivity index (χ0) is 15.2. The molecule has 3 rings (SSSR count). The van der Waals surface area contributed by atoms with Crippen LogP contribution in [0, 0.1) is 4.77 Å². The van der Waals surface area contributed by atoms with Crippen molar-refractivity contribution >= 4 is 48.9 Å². The number of imidazole rings is 1. The van der Waals surface area contributed by atoms with E-state index < -0.39 is 10.0 Å². The van der Waals surface area contributed by atoms with Gasteiger partial charge in [-0.3, -0.25) is 0 Å². The van der Waals surface area contributed by atoms with E-state index in [9.17, 15) is 13.5 Å². The molecule has 0 fully saturated rings. The summed E-state index contributed by atoms with van der Waals surface area (Å²) in [5.74, 6) is -0.301. The smallest absolute Gasteiger partial charge is 0.270 e. The van der Waals surface area contributed by atoms with Crippen LogP contribution in [0.1, 0.15) is 0 Å². The Kier molecular flexibility index (Phi) is 3.39. The molecule has 5 nitrogen and oxygen atoms in total. The molecule has 0 radical (unpaired) electrons. The van der Waals surface area contributed by atoms with E-state index in [1.54, 1.807) is 18.2 Å². The molecule has 0 unspecified atom stereocenters. The number of hydrogen-bond acceptors (Lipinski definition) is 4. The lowest BCUT2D eigenvalue weighted by molar-refractivity contribution is 0.456. The summed E-state index contributed by atoms with van der Waals surface area (Å²) in [6.45, 7) is 0. The number of nitrogens with one attached hydrogen (secondary N) is 1. The van der Waals surface area contributed by atoms with Crippen molar-refractivity contribution in [3.8, 4) is 5.88 Å². The van der Waals surface area contributed by atoms with Crippen LogP contribution in [0.5, 0.6) is 5.88 Å². The minimum Gasteiger partial charge on any atom is -0.493 e. The Bertz CT molecular complexity index is 1010. The molecular weight excluding hydrogens is 376 g/mol. The number of rotatable bonds is 2. The number of fused-ring (bicyclic) bond motifs is 1. The van der Waals surface area contributed by atoms with Gasteiger partial charge in [-0.05, 0) is 29.7 Å². The van der Waals surface area contributed by atoms with Crippen LogP contribution in [0.2, 0.25) is 0 Å². The van der Waals surface area contributed by atoms with E-state index in [-0.39, 0.29) is 15.5 Å². The minimum absolute atomic E-state index is 0.0838. The Morgan fingerprint density at radius 2 is 1.81 bits per heavy atom. The molecule has 0 saturated heterocycles. The molecule has 21 heavy (non-hydrogen) atoms. The molecule has 1 heterocycles. The van der Waals surface area contributed by atoms with Crippen LogP contribution in [-0.4, -0.2) is 22.5 Å². The van der Waals surface area contributed by atoms with Gasteiger partial charge in [-0.15, -0.1) is 0 Å². The molecule has 2 aromatic carbocycles. The van der Waals surface area contributed by atoms with Crippen molar-refractivity contribution in [2.45, 2.75) is 4.90 Å². The normalized spacial score (nSPS) is 11.9. The Hall–Kier alpha value is -1.64. The number of hydrogen-bond donors (Lipinski definition) is 2. The fourth-order valence-corrected chi connectivity index (χ4v) is 4.49. The van der Waals surface area contributed by atoms with Crippen LogP contribution in [0.15, 0.2) is 52.0 Å². The summed E-state index contributed by atoms with van der Waals surface area (Å²) in [6, 6.07) is 10.3. The van der Waals surface area contributed by atoms with Gasteiger partial charge in [0, 0.05) is 9.86 Å². The van der Waals surface area contributed by atoms with Crippen molar-refractivity contribution in [3.63, 3.8) is 0 Å². The Balaban J connectivity index is 2.37. The van der Waals surface area contributed by atoms with Crippen LogP contribution in [0.25, 0.3) is 10.8 Å². The summed E-state index contributed by atoms with van der Waals surface area (Å²) in [7, 11) is -3.89. The fraction of sp³-hybridized carbons (Fsp3) is 0. The van der Waals surface area contributed by atoms with Crippen molar-refractivity contribution in [2.75, 3.05) is 0 Å². The van der Waals surface area contributed by atoms with Crippen LogP contribution in [0.4, 0.5) is 0 Å². The van der Waals surface area contributed by atoms with Gasteiger partial charge in [-0.2, -0.15) is 0 Å². The third-order valence-electron chi connectivity index (χ3n) is 3.04. The van der Waals surface area contributed by atoms with Gasteiger partial charge in [-0.1, -0.05) is 40.2 Å². The molecule has 108 valence electrons. The zero-order valence-electron chi connectivity index (χ0n) is 10.4. The average molecular weight is 385 g/mol. The first kappa shape index (κ1) is 14.3. The highest BCUT2D eigenvalue weighted by Crippen LogP contribution is 2.30. The molecule has 0 atom stereocenters. The van der Waals surface area contributed by atoms with Gasteiger partial charge in [0.25, 0.3) is 10.0 Å². The second-order valence-electron chi connectivity index (χ2n) is 4.34. The maximum Gasteiger partial charge on any atom is 0.270 e. The maximum atomic E-state index is 12.7. The van der Waals surface area contributed by atoms with E-state index in [0.29, 0.717) is 5.39 Å². The second kappa shape index (κ2) is 4.97. The van der Waals surface area contributed by atoms with Gasteiger partial charge >= 0.3 is 0 Å². The number of aromatic amines is 1. The maximum absolute atomic E-state index is 12.7. The summed E-state index contributed by atoms with van der Waals surface area (Å²) in [6.07, 6.45) is 1.05. The first-order valence-electron chi connectivity index (χ1n) is 5.85. The molecule has 0 bridgehead atoms. The topological polar surface area (TPSA) is 75.1 Å². The van der Waals surface area contributed by atoms with Gasteiger partial charge in [0.15, 0.2) is 4.77 Å². The van der Waals surface area contributed by atoms with Crippen LogP contribution >= 0.6 is 28.1 Å². The SMILES string of the molecule is O=S(=O)(c1cccc2c(Br)cccc12)n1cc(O)[nH]c1=S. The first-order valence-corrected chi connectivity index (χ1v) is 8.49. The number of halogens is 1. The monoisotopic (exact) mass is 384 g/mol. The standard InChI is InChI=1S/C13H9BrN2O3S2/c14-10-5-1-4-9-8(10)3-2-6-11(9)21(18,19)16-7-12(17)15-13(16)20/h1-7,17H,(H,15,20). The Morgan fingerprint density at radius 3 is 2.48 bits per heavy atom. The van der Waals surface area contributed by atoms with E-state index >= 15 is 0 Å². The van der Waals surface area contributed by atoms with E-state index in [4.69, 9.17) is 12.2 Å². The quantitative estimate of drug-likeness (QED) is 0.663. The minimum atomic E-state index is -3.89. The van der Waals surface area contributed by atoms with E-state index in [1.165, 1.54) is 6.07 Å². The third kappa shape index (κ3) is 2.29. The molecule has 0 aliphatic heterocycles. The van der Waals surface area contributed by atoms with Crippen LogP contribution < -0.4 is 0 Å². The van der Waals surface area contributed by atoms with Gasteiger partial charge in [0.05, 0.1) is 11.1 Å². The number of aromatic hydroxyl groups is 1. The summed E-state index contributed by atoms with van der Waals surface area (Å²) in [5.41, 5.74) is 0. The predicted molar refractivity (Wildman–Crippen MR) is 85.5 cm³/mol. The number of nitrogens with zero attached hydrogens (tertiary/aromatic N) is 1. The largest absolute Gasteiger partial charge is 0.493 e. The molecule has 3 aromatic rings. The predicted octanol–water partition coefficient (Wildman–Crippen LogP) is 3.40. The molecule has 2 N–H and O–H groups in total. The third-order valence-corrected chi connectivity index (χ3v) is 5.86. The van der Waals surface area contributed by atoms with Crippen LogP contribution in [-0.2, 0) is 10.0 Å². The van der Waals surface area contributed by atoms with Gasteiger partial charge < -0.3 is 10.1 Å². The number of benzene rings is 2. The highest BCUT2D eigenvalue weighted by Gasteiger charge is 2.21. The molecular formula is C13H9BrN2O3S2. The lowest BCUT2D eigenvalue weighted by Crippen LogP contribution is -2.12. The molecule has 0 spiro atoms. The lowest BCUT2D eigenvalue weighted by atomic mass is 10.1. The summed E-state index contributed by atoms with van der Waals surface area (Å²) in [4.78, 5) is 2.51. The molecule has 0 aliphatic rings. The molecule has 0 amide bonds. The molecule has 1 aromatic heterocycles. The van der Waals surface area contributed by atoms with E-state index in [0.717, 1.165) is 20.0 Å². The number of aromatic nitrogens is 2. The highest BCUT2D eigenvalue weighted by atomic mass is 79.9. The summed E-state index contributed by atoms with van der Waals surface area (Å²) >= 11 is 8.33. The molecule has 8 heteroatoms. The van der Waals surface area contributed by atoms with E-state index in [2.05, 4.69) is 20.9 Å². The van der Waals surface area contributed by atoms with Crippen molar-refractivity contribution in [2.24, 2.45) is 0 Å². The Morgan fingerprint density at radius 1 is 1.14 bits per heavy atom. The number of H-pyrrole nitrogens is 1. The van der Waals surface area contributed by atoms with Crippen LogP contribution in [0.3, 0.4) is 0 Å². The highest BCUT2D eigenvalue weighted by molar-refractivity contribution is 9.10. The average Bonchev–Trinajstić information content (AvgIpc) is 2.78. The van der Waals surface area contributed by atoms with Gasteiger partial charge in [-0.25, -0.2) is 12.4 Å². The molecule has 0 aliphatic carbocycles.